The van der Waals surface area contributed by atoms with E-state index in [0.29, 0.717) is 0 Å². The second kappa shape index (κ2) is 68.3. The van der Waals surface area contributed by atoms with Gasteiger partial charge in [0.2, 0.25) is 0 Å². The van der Waals surface area contributed by atoms with Gasteiger partial charge < -0.3 is 78.9 Å². The maximum absolute atomic E-state index is 6.75. The summed E-state index contributed by atoms with van der Waals surface area (Å²) in [5.74, 6) is 0. The molecule has 10 N–H and O–H groups in total. The van der Waals surface area contributed by atoms with Gasteiger partial charge in [0.25, 0.3) is 0 Å². The Kier molecular flexibility index (Phi) is 109. The van der Waals surface area contributed by atoms with Crippen LogP contribution in [-0.2, 0) is 34.1 Å². The van der Waals surface area contributed by atoms with Crippen LogP contribution in [0.25, 0.3) is 0 Å². The smallest absolute Gasteiger partial charge is 0.731 e. The molecule has 10 nitrogen and oxygen atoms in total. The van der Waals surface area contributed by atoms with E-state index in [1.165, 1.54) is 111 Å². The van der Waals surface area contributed by atoms with Crippen LogP contribution in [0, 0.1) is 303 Å². The summed E-state index contributed by atoms with van der Waals surface area (Å²) in [7, 11) is 22.5. The van der Waals surface area contributed by atoms with Crippen LogP contribution in [0.5, 0.6) is 0 Å². The van der Waals surface area contributed by atoms with Crippen molar-refractivity contribution < 1.29 is 179 Å². The van der Waals surface area contributed by atoms with Gasteiger partial charge in [0.15, 0.2) is 0 Å². The molecule has 0 aliphatic heterocycles. The fourth-order valence-corrected chi connectivity index (χ4v) is 5.62. The molecule has 0 spiro atoms. The van der Waals surface area contributed by atoms with Crippen molar-refractivity contribution in [3.8, 4) is 0 Å². The topological polar surface area (TPSA) is 202 Å². The van der Waals surface area contributed by atoms with Crippen LogP contribution < -0.4 is 0 Å². The van der Waals surface area contributed by atoms with Crippen LogP contribution >= 0.6 is 0 Å². The number of aliphatic hydroxyl groups is 10. The van der Waals surface area contributed by atoms with Crippen molar-refractivity contribution in [3.05, 3.63) is 182 Å². The van der Waals surface area contributed by atoms with Gasteiger partial charge in [-0.1, -0.05) is 104 Å². The minimum Gasteiger partial charge on any atom is -0.731 e. The minimum atomic E-state index is 0. The first-order valence-corrected chi connectivity index (χ1v) is 18.2. The zero-order valence-corrected chi connectivity index (χ0v) is 48.4. The molecule has 0 bridgehead atoms. The molecular weight excluding hydrogens is 1220 g/mol. The van der Waals surface area contributed by atoms with Crippen LogP contribution in [0.3, 0.4) is 0 Å². The molecular formula is C50H90Fe2O10Yb2-8. The largest absolute Gasteiger partial charge is 5.00 e. The Balaban J connectivity index is -0.0000000376. The Hall–Kier alpha value is 1.08. The SMILES string of the molecule is C[c-]1[c-](C)[c-](C)[c-](C)[c-]1C.Cc1c(C)c(C)[c-](C)c1C.Cc1c(C)c(C)[c-](C)c1C.Cc1c(C)c(C)[c-](C)c1C.[CH2-]O.[CH2-]O.[CH2-]O.[CH2-]O.[CH2-]O.[CH2-]O.[CH2-]O.[CH2-]O.[CH2-]O.[CH2-]O.[Fe+5].[Fe+5].[Yb].[Yb]. The van der Waals surface area contributed by atoms with Gasteiger partial charge in [0, 0.05) is 93.8 Å². The van der Waals surface area contributed by atoms with Crippen LogP contribution in [0.4, 0.5) is 0 Å². The van der Waals surface area contributed by atoms with E-state index < -0.39 is 0 Å². The van der Waals surface area contributed by atoms with E-state index in [9.17, 15) is 0 Å². The quantitative estimate of drug-likeness (QED) is 0.0596. The average molecular weight is 1310 g/mol. The molecule has 0 aliphatic rings. The summed E-state index contributed by atoms with van der Waals surface area (Å²) in [6, 6.07) is 0. The summed E-state index contributed by atoms with van der Waals surface area (Å²) in [4.78, 5) is 0. The van der Waals surface area contributed by atoms with E-state index in [1.807, 2.05) is 0 Å². The van der Waals surface area contributed by atoms with E-state index in [0.717, 1.165) is 0 Å². The van der Waals surface area contributed by atoms with Crippen molar-refractivity contribution in [1.82, 2.24) is 0 Å². The van der Waals surface area contributed by atoms with Crippen molar-refractivity contribution in [2.75, 3.05) is 0 Å². The van der Waals surface area contributed by atoms with Crippen molar-refractivity contribution in [3.63, 3.8) is 0 Å². The molecule has 0 aliphatic carbocycles. The molecule has 402 valence electrons. The van der Waals surface area contributed by atoms with Crippen LogP contribution in [0.15, 0.2) is 0 Å². The Bertz CT molecular complexity index is 974. The second-order valence-electron chi connectivity index (χ2n) is 12.5. The molecule has 0 amide bonds. The fourth-order valence-electron chi connectivity index (χ4n) is 5.62. The molecule has 0 atom stereocenters. The van der Waals surface area contributed by atoms with Gasteiger partial charge in [0.1, 0.15) is 0 Å². The van der Waals surface area contributed by atoms with Crippen molar-refractivity contribution >= 4 is 0 Å². The molecule has 0 fully saturated rings. The van der Waals surface area contributed by atoms with Crippen LogP contribution in [-0.4, -0.2) is 51.1 Å². The van der Waals surface area contributed by atoms with Gasteiger partial charge in [-0.3, -0.25) is 0 Å². The standard InChI is InChI=1S/4C10H15.10CH3O.2Fe.2Yb/c4*1-6-7(2)9(4)10(5)8(6)3;10*1-2;;;;/h4*1-5H3;10*2H,1H2;;;;/q-5;13*-1;2*+5;;. The Morgan fingerprint density at radius 1 is 0.219 bits per heavy atom. The minimum absolute atomic E-state index is 0. The summed E-state index contributed by atoms with van der Waals surface area (Å²) in [6.45, 7) is 44.0. The molecule has 0 heterocycles. The normalized spacial score (nSPS) is 7.50. The first-order valence-electron chi connectivity index (χ1n) is 18.2. The number of hydrogen-bond donors (Lipinski definition) is 10. The molecule has 0 saturated carbocycles. The fraction of sp³-hybridized carbons (Fsp3) is 0.400. The summed E-state index contributed by atoms with van der Waals surface area (Å²) in [6.07, 6.45) is 0. The second-order valence-corrected chi connectivity index (χ2v) is 12.5. The molecule has 0 saturated heterocycles. The number of aliphatic hydroxyl groups excluding tert-OH is 10. The average Bonchev–Trinajstić information content (AvgIpc) is 3.77. The van der Waals surface area contributed by atoms with E-state index in [4.69, 9.17) is 51.1 Å². The Morgan fingerprint density at radius 2 is 0.281 bits per heavy atom. The third-order valence-electron chi connectivity index (χ3n) is 11.2. The molecule has 4 aromatic rings. The predicted molar refractivity (Wildman–Crippen MR) is 256 cm³/mol. The molecule has 0 aromatic heterocycles. The third kappa shape index (κ3) is 37.0. The van der Waals surface area contributed by atoms with Gasteiger partial charge in [-0.2, -0.15) is 83.5 Å². The molecule has 14 heteroatoms. The Labute approximate surface area is 493 Å². The van der Waals surface area contributed by atoms with Crippen LogP contribution in [0.1, 0.15) is 111 Å². The predicted octanol–water partition coefficient (Wildman–Crippen LogP) is 13.3. The van der Waals surface area contributed by atoms with Gasteiger partial charge in [-0.25, -0.2) is 106 Å². The summed E-state index contributed by atoms with van der Waals surface area (Å²) in [5, 5.41) is 67.5. The molecule has 4 rings (SSSR count). The molecule has 2 radical (unpaired) electrons. The Morgan fingerprint density at radius 3 is 0.312 bits per heavy atom. The van der Waals surface area contributed by atoms with Gasteiger partial charge in [0.05, 0.1) is 0 Å². The molecule has 64 heavy (non-hydrogen) atoms. The van der Waals surface area contributed by atoms with Gasteiger partial charge in [-0.05, 0) is 0 Å². The third-order valence-corrected chi connectivity index (χ3v) is 11.2. The zero-order chi connectivity index (χ0) is 51.5. The maximum Gasteiger partial charge on any atom is 5.00 e. The molecule has 4 aromatic carbocycles. The van der Waals surface area contributed by atoms with E-state index >= 15 is 0 Å². The monoisotopic (exact) mass is 1310 g/mol. The summed E-state index contributed by atoms with van der Waals surface area (Å²) in [5.41, 5.74) is 29.4. The maximum atomic E-state index is 6.75. The molecule has 0 unspecified atom stereocenters. The number of hydrogen-bond acceptors (Lipinski definition) is 10. The summed E-state index contributed by atoms with van der Waals surface area (Å²) < 4.78 is 0. The van der Waals surface area contributed by atoms with Crippen molar-refractivity contribution in [1.29, 1.82) is 0 Å². The van der Waals surface area contributed by atoms with E-state index in [2.05, 4.69) is 210 Å². The number of rotatable bonds is 0. The van der Waals surface area contributed by atoms with E-state index in [-0.39, 0.29) is 128 Å². The van der Waals surface area contributed by atoms with Crippen molar-refractivity contribution in [2.24, 2.45) is 0 Å². The zero-order valence-electron chi connectivity index (χ0n) is 42.8. The summed E-state index contributed by atoms with van der Waals surface area (Å²) >= 11 is 0. The van der Waals surface area contributed by atoms with Gasteiger partial charge >= 0.3 is 34.1 Å². The van der Waals surface area contributed by atoms with E-state index in [1.54, 1.807) is 0 Å². The van der Waals surface area contributed by atoms with Crippen molar-refractivity contribution in [2.45, 2.75) is 138 Å². The first-order chi connectivity index (χ1) is 28.2. The van der Waals surface area contributed by atoms with Gasteiger partial charge in [-0.15, -0.1) is 0 Å². The first kappa shape index (κ1) is 102. The van der Waals surface area contributed by atoms with Crippen LogP contribution in [0.2, 0.25) is 0 Å².